The molecule has 0 saturated carbocycles. The molecule has 0 radical (unpaired) electrons. The number of hydrogen-bond acceptors (Lipinski definition) is 1. The molecule has 1 aromatic rings. The van der Waals surface area contributed by atoms with Crippen molar-refractivity contribution in [1.82, 2.24) is 0 Å². The number of rotatable bonds is 3. The molecule has 4 heteroatoms. The van der Waals surface area contributed by atoms with Crippen molar-refractivity contribution in [3.8, 4) is 0 Å². The van der Waals surface area contributed by atoms with E-state index in [1.807, 2.05) is 24.3 Å². The molecule has 0 bridgehead atoms. The monoisotopic (exact) mass is 373 g/mol. The molecule has 3 nitrogen and oxygen atoms in total. The van der Waals surface area contributed by atoms with Crippen LogP contribution in [0.15, 0.2) is 24.3 Å². The lowest BCUT2D eigenvalue weighted by atomic mass is 9.92. The van der Waals surface area contributed by atoms with Gasteiger partial charge in [0.25, 0.3) is 5.91 Å². The van der Waals surface area contributed by atoms with Crippen molar-refractivity contribution in [2.75, 3.05) is 25.0 Å². The molecule has 0 aromatic heterocycles. The number of piperidine rings is 1. The third-order valence-corrected chi connectivity index (χ3v) is 4.34. The Morgan fingerprint density at radius 2 is 1.84 bits per heavy atom. The third kappa shape index (κ3) is 4.76. The molecule has 1 aliphatic rings. The van der Waals surface area contributed by atoms with E-state index in [2.05, 4.69) is 41.8 Å². The number of halogens is 1. The molecule has 3 atom stereocenters. The molecule has 1 saturated heterocycles. The van der Waals surface area contributed by atoms with Gasteiger partial charge in [-0.15, -0.1) is 0 Å². The molecule has 1 fully saturated rings. The van der Waals surface area contributed by atoms with Crippen LogP contribution in [-0.4, -0.2) is 25.5 Å². The second-order valence-electron chi connectivity index (χ2n) is 5.84. The standard InChI is InChI=1S/C15H21IN2O/c1-11-7-12(2)9-18(8-11)10-15(19)17-14-5-3-13(16)4-6-14/h3-6,11-12H,7-10H2,1-2H3,(H,17,19)/p+1/t11-,12+. The Bertz CT molecular complexity index is 422. The molecule has 104 valence electrons. The number of quaternary nitrogens is 1. The number of likely N-dealkylation sites (tertiary alicyclic amines) is 1. The summed E-state index contributed by atoms with van der Waals surface area (Å²) in [6, 6.07) is 7.93. The SMILES string of the molecule is C[C@@H]1C[C@H](C)C[NH+](CC(=O)Nc2ccc(I)cc2)C1. The highest BCUT2D eigenvalue weighted by atomic mass is 127. The van der Waals surface area contributed by atoms with Gasteiger partial charge in [-0.25, -0.2) is 0 Å². The zero-order valence-corrected chi connectivity index (χ0v) is 13.7. The largest absolute Gasteiger partial charge is 0.327 e. The number of nitrogens with one attached hydrogen (secondary N) is 2. The van der Waals surface area contributed by atoms with Gasteiger partial charge in [-0.3, -0.25) is 4.79 Å². The van der Waals surface area contributed by atoms with Crippen molar-refractivity contribution < 1.29 is 9.69 Å². The maximum Gasteiger partial charge on any atom is 0.279 e. The summed E-state index contributed by atoms with van der Waals surface area (Å²) >= 11 is 2.26. The highest BCUT2D eigenvalue weighted by Crippen LogP contribution is 2.12. The second kappa shape index (κ2) is 6.70. The van der Waals surface area contributed by atoms with E-state index in [1.165, 1.54) is 14.9 Å². The lowest BCUT2D eigenvalue weighted by Crippen LogP contribution is -3.15. The first-order valence-corrected chi connectivity index (χ1v) is 8.00. The van der Waals surface area contributed by atoms with Crippen LogP contribution in [0, 0.1) is 15.4 Å². The van der Waals surface area contributed by atoms with Gasteiger partial charge in [-0.05, 0) is 53.3 Å². The molecule has 0 aliphatic carbocycles. The van der Waals surface area contributed by atoms with E-state index in [-0.39, 0.29) is 5.91 Å². The number of benzene rings is 1. The maximum atomic E-state index is 12.0. The summed E-state index contributed by atoms with van der Waals surface area (Å²) in [5, 5.41) is 2.98. The van der Waals surface area contributed by atoms with E-state index < -0.39 is 0 Å². The Kier molecular flexibility index (Phi) is 5.21. The summed E-state index contributed by atoms with van der Waals surface area (Å²) in [5.41, 5.74) is 0.892. The summed E-state index contributed by atoms with van der Waals surface area (Å²) < 4.78 is 1.18. The Morgan fingerprint density at radius 1 is 1.26 bits per heavy atom. The summed E-state index contributed by atoms with van der Waals surface area (Å²) in [6.45, 7) is 7.38. The van der Waals surface area contributed by atoms with Gasteiger partial charge >= 0.3 is 0 Å². The molecular weight excluding hydrogens is 351 g/mol. The molecule has 2 N–H and O–H groups in total. The van der Waals surface area contributed by atoms with Crippen molar-refractivity contribution in [1.29, 1.82) is 0 Å². The van der Waals surface area contributed by atoms with E-state index in [9.17, 15) is 4.79 Å². The maximum absolute atomic E-state index is 12.0. The van der Waals surface area contributed by atoms with Crippen LogP contribution in [0.25, 0.3) is 0 Å². The molecule has 1 heterocycles. The summed E-state index contributed by atoms with van der Waals surface area (Å²) in [5.74, 6) is 1.58. The average Bonchev–Trinajstić information content (AvgIpc) is 2.30. The summed E-state index contributed by atoms with van der Waals surface area (Å²) in [6.07, 6.45) is 1.29. The number of anilines is 1. The van der Waals surface area contributed by atoms with Crippen LogP contribution >= 0.6 is 22.6 Å². The zero-order valence-electron chi connectivity index (χ0n) is 11.6. The fraction of sp³-hybridized carbons (Fsp3) is 0.533. The van der Waals surface area contributed by atoms with Crippen LogP contribution < -0.4 is 10.2 Å². The van der Waals surface area contributed by atoms with Gasteiger partial charge < -0.3 is 10.2 Å². The summed E-state index contributed by atoms with van der Waals surface area (Å²) in [4.78, 5) is 13.5. The first kappa shape index (κ1) is 14.8. The smallest absolute Gasteiger partial charge is 0.279 e. The first-order chi connectivity index (χ1) is 9.02. The second-order valence-corrected chi connectivity index (χ2v) is 7.08. The lowest BCUT2D eigenvalue weighted by Gasteiger charge is -2.31. The van der Waals surface area contributed by atoms with E-state index in [0.717, 1.165) is 30.6 Å². The Hall–Kier alpha value is -0.620. The number of hydrogen-bond donors (Lipinski definition) is 2. The minimum Gasteiger partial charge on any atom is -0.327 e. The number of amides is 1. The fourth-order valence-corrected chi connectivity index (χ4v) is 3.39. The third-order valence-electron chi connectivity index (χ3n) is 3.62. The molecule has 0 spiro atoms. The van der Waals surface area contributed by atoms with Crippen LogP contribution in [0.5, 0.6) is 0 Å². The van der Waals surface area contributed by atoms with Gasteiger partial charge in [0, 0.05) is 21.1 Å². The lowest BCUT2D eigenvalue weighted by molar-refractivity contribution is -0.904. The van der Waals surface area contributed by atoms with Crippen LogP contribution in [-0.2, 0) is 4.79 Å². The minimum atomic E-state index is 0.123. The Balaban J connectivity index is 1.85. The fourth-order valence-electron chi connectivity index (χ4n) is 3.03. The van der Waals surface area contributed by atoms with Crippen molar-refractivity contribution in [2.24, 2.45) is 11.8 Å². The van der Waals surface area contributed by atoms with Crippen LogP contribution in [0.2, 0.25) is 0 Å². The van der Waals surface area contributed by atoms with Crippen molar-refractivity contribution >= 4 is 34.2 Å². The Morgan fingerprint density at radius 3 is 2.42 bits per heavy atom. The van der Waals surface area contributed by atoms with E-state index in [1.54, 1.807) is 0 Å². The molecule has 2 rings (SSSR count). The van der Waals surface area contributed by atoms with Gasteiger partial charge in [0.2, 0.25) is 0 Å². The topological polar surface area (TPSA) is 33.5 Å². The molecule has 19 heavy (non-hydrogen) atoms. The highest BCUT2D eigenvalue weighted by molar-refractivity contribution is 14.1. The van der Waals surface area contributed by atoms with Crippen LogP contribution in [0.3, 0.4) is 0 Å². The minimum absolute atomic E-state index is 0.123. The Labute approximate surface area is 128 Å². The van der Waals surface area contributed by atoms with Gasteiger partial charge in [-0.1, -0.05) is 13.8 Å². The first-order valence-electron chi connectivity index (χ1n) is 6.92. The predicted molar refractivity (Wildman–Crippen MR) is 86.3 cm³/mol. The number of carbonyl (C=O) groups excluding carboxylic acids is 1. The van der Waals surface area contributed by atoms with Gasteiger partial charge in [0.05, 0.1) is 13.1 Å². The number of carbonyl (C=O) groups is 1. The normalized spacial score (nSPS) is 27.0. The van der Waals surface area contributed by atoms with Crippen molar-refractivity contribution in [3.63, 3.8) is 0 Å². The van der Waals surface area contributed by atoms with E-state index >= 15 is 0 Å². The molecule has 1 aliphatic heterocycles. The van der Waals surface area contributed by atoms with Crippen LogP contribution in [0.1, 0.15) is 20.3 Å². The van der Waals surface area contributed by atoms with E-state index in [0.29, 0.717) is 6.54 Å². The average molecular weight is 373 g/mol. The van der Waals surface area contributed by atoms with E-state index in [4.69, 9.17) is 0 Å². The summed E-state index contributed by atoms with van der Waals surface area (Å²) in [7, 11) is 0. The molecular formula is C15H22IN2O+. The van der Waals surface area contributed by atoms with Gasteiger partial charge in [-0.2, -0.15) is 0 Å². The molecule has 1 amide bonds. The van der Waals surface area contributed by atoms with Gasteiger partial charge in [0.1, 0.15) is 0 Å². The van der Waals surface area contributed by atoms with Crippen molar-refractivity contribution in [3.05, 3.63) is 27.8 Å². The quantitative estimate of drug-likeness (QED) is 0.779. The van der Waals surface area contributed by atoms with Crippen LogP contribution in [0.4, 0.5) is 5.69 Å². The highest BCUT2D eigenvalue weighted by Gasteiger charge is 2.26. The zero-order chi connectivity index (χ0) is 13.8. The molecule has 1 unspecified atom stereocenters. The van der Waals surface area contributed by atoms with Crippen molar-refractivity contribution in [2.45, 2.75) is 20.3 Å². The molecule has 1 aromatic carbocycles. The predicted octanol–water partition coefficient (Wildman–Crippen LogP) is 1.79. The van der Waals surface area contributed by atoms with Gasteiger partial charge in [0.15, 0.2) is 6.54 Å².